The average Bonchev–Trinajstić information content (AvgIpc) is 3.08. The number of ether oxygens (including phenoxy) is 2. The van der Waals surface area contributed by atoms with Gasteiger partial charge in [-0.1, -0.05) is 23.7 Å². The van der Waals surface area contributed by atoms with Crippen LogP contribution in [-0.4, -0.2) is 59.2 Å². The molecule has 2 bridgehead atoms. The summed E-state index contributed by atoms with van der Waals surface area (Å²) in [5.74, 6) is 1.98. The van der Waals surface area contributed by atoms with Crippen molar-refractivity contribution in [3.8, 4) is 17.0 Å². The van der Waals surface area contributed by atoms with E-state index in [1.807, 2.05) is 36.4 Å². The highest BCUT2D eigenvalue weighted by Crippen LogP contribution is 2.38. The summed E-state index contributed by atoms with van der Waals surface area (Å²) in [6.07, 6.45) is 3.69. The third kappa shape index (κ3) is 3.89. The number of piperazine rings is 1. The number of benzene rings is 1. The van der Waals surface area contributed by atoms with Crippen LogP contribution >= 0.6 is 11.6 Å². The first-order valence-electron chi connectivity index (χ1n) is 10.5. The molecule has 10 heteroatoms. The second-order valence-electron chi connectivity index (χ2n) is 7.94. The van der Waals surface area contributed by atoms with E-state index in [2.05, 4.69) is 30.0 Å². The van der Waals surface area contributed by atoms with Gasteiger partial charge in [-0.15, -0.1) is 10.2 Å². The molecule has 0 aliphatic carbocycles. The van der Waals surface area contributed by atoms with Gasteiger partial charge in [0, 0.05) is 43.9 Å². The number of fused-ring (bicyclic) bond motifs is 2. The largest absolute Gasteiger partial charge is 0.467 e. The number of hydrogen-bond donors (Lipinski definition) is 1. The molecule has 166 valence electrons. The van der Waals surface area contributed by atoms with Crippen LogP contribution in [0.15, 0.2) is 42.7 Å². The van der Waals surface area contributed by atoms with Gasteiger partial charge in [-0.2, -0.15) is 0 Å². The van der Waals surface area contributed by atoms with E-state index in [0.717, 1.165) is 43.0 Å². The highest BCUT2D eigenvalue weighted by atomic mass is 35.5. The molecule has 2 aromatic heterocycles. The molecule has 32 heavy (non-hydrogen) atoms. The predicted octanol–water partition coefficient (Wildman–Crippen LogP) is 3.01. The van der Waals surface area contributed by atoms with Gasteiger partial charge in [0.25, 0.3) is 0 Å². The topological polar surface area (TPSA) is 103 Å². The van der Waals surface area contributed by atoms with Crippen LogP contribution in [0, 0.1) is 0 Å². The van der Waals surface area contributed by atoms with Crippen LogP contribution in [0.25, 0.3) is 11.3 Å². The van der Waals surface area contributed by atoms with Crippen LogP contribution in [0.3, 0.4) is 0 Å². The van der Waals surface area contributed by atoms with E-state index in [1.54, 1.807) is 7.11 Å². The summed E-state index contributed by atoms with van der Waals surface area (Å²) in [7, 11) is 1.59. The van der Waals surface area contributed by atoms with E-state index in [4.69, 9.17) is 26.8 Å². The summed E-state index contributed by atoms with van der Waals surface area (Å²) >= 11 is 6.11. The molecule has 0 radical (unpaired) electrons. The van der Waals surface area contributed by atoms with Gasteiger partial charge in [0.2, 0.25) is 0 Å². The van der Waals surface area contributed by atoms with Crippen molar-refractivity contribution in [3.05, 3.63) is 47.9 Å². The Bertz CT molecular complexity index is 1100. The number of anilines is 3. The van der Waals surface area contributed by atoms with Crippen LogP contribution in [0.2, 0.25) is 5.15 Å². The van der Waals surface area contributed by atoms with Crippen molar-refractivity contribution in [3.63, 3.8) is 0 Å². The summed E-state index contributed by atoms with van der Waals surface area (Å²) in [6, 6.07) is 12.2. The lowest BCUT2D eigenvalue weighted by atomic mass is 10.1. The Morgan fingerprint density at radius 3 is 2.62 bits per heavy atom. The third-order valence-corrected chi connectivity index (χ3v) is 6.21. The number of halogens is 1. The molecule has 0 amide bonds. The van der Waals surface area contributed by atoms with Crippen LogP contribution in [0.5, 0.6) is 5.75 Å². The van der Waals surface area contributed by atoms with E-state index in [-0.39, 0.29) is 6.79 Å². The van der Waals surface area contributed by atoms with Crippen LogP contribution in [0.4, 0.5) is 17.3 Å². The van der Waals surface area contributed by atoms with Gasteiger partial charge in [-0.3, -0.25) is 0 Å². The van der Waals surface area contributed by atoms with Gasteiger partial charge in [0.15, 0.2) is 12.6 Å². The first-order valence-corrected chi connectivity index (χ1v) is 10.9. The lowest BCUT2D eigenvalue weighted by Crippen LogP contribution is -2.54. The third-order valence-electron chi connectivity index (χ3n) is 6.00. The van der Waals surface area contributed by atoms with Crippen molar-refractivity contribution in [1.82, 2.24) is 20.2 Å². The molecule has 3 aromatic rings. The highest BCUT2D eigenvalue weighted by Gasteiger charge is 2.41. The number of rotatable bonds is 6. The van der Waals surface area contributed by atoms with Gasteiger partial charge >= 0.3 is 0 Å². The Kier molecular flexibility index (Phi) is 5.67. The van der Waals surface area contributed by atoms with Crippen molar-refractivity contribution in [2.75, 3.05) is 42.5 Å². The minimum absolute atomic E-state index is 0.157. The Morgan fingerprint density at radius 1 is 1.09 bits per heavy atom. The van der Waals surface area contributed by atoms with Crippen LogP contribution in [0.1, 0.15) is 12.8 Å². The van der Waals surface area contributed by atoms with Gasteiger partial charge in [-0.25, -0.2) is 9.97 Å². The maximum atomic E-state index is 6.28. The summed E-state index contributed by atoms with van der Waals surface area (Å²) in [5.41, 5.74) is 8.71. The minimum Gasteiger partial charge on any atom is -0.467 e. The van der Waals surface area contributed by atoms with Crippen LogP contribution < -0.4 is 20.3 Å². The first-order chi connectivity index (χ1) is 15.6. The second-order valence-corrected chi connectivity index (χ2v) is 8.33. The van der Waals surface area contributed by atoms with E-state index in [9.17, 15) is 0 Å². The molecule has 2 N–H and O–H groups in total. The molecule has 2 fully saturated rings. The normalized spacial score (nSPS) is 19.9. The molecule has 0 spiro atoms. The van der Waals surface area contributed by atoms with Crippen molar-refractivity contribution < 1.29 is 9.47 Å². The zero-order valence-corrected chi connectivity index (χ0v) is 18.4. The van der Waals surface area contributed by atoms with Crippen LogP contribution in [-0.2, 0) is 4.74 Å². The Balaban J connectivity index is 1.43. The summed E-state index contributed by atoms with van der Waals surface area (Å²) in [4.78, 5) is 13.1. The summed E-state index contributed by atoms with van der Waals surface area (Å²) in [6.45, 7) is 1.79. The molecule has 9 nitrogen and oxygen atoms in total. The zero-order valence-electron chi connectivity index (χ0n) is 17.7. The molecule has 1 aromatic carbocycles. The first kappa shape index (κ1) is 20.7. The summed E-state index contributed by atoms with van der Waals surface area (Å²) in [5, 5.41) is 9.05. The minimum atomic E-state index is 0.157. The molecule has 4 heterocycles. The number of hydrogen-bond acceptors (Lipinski definition) is 9. The Morgan fingerprint density at radius 2 is 1.88 bits per heavy atom. The molecular weight excluding hydrogens is 430 g/mol. The Labute approximate surface area is 191 Å². The van der Waals surface area contributed by atoms with Gasteiger partial charge in [0.1, 0.15) is 23.0 Å². The molecule has 0 saturated carbocycles. The second kappa shape index (κ2) is 8.76. The number of nitrogens with two attached hydrogens (primary N) is 1. The SMILES string of the molecule is COCOc1ccccc1-c1cc(N2CC3CCC(C2)N3c2cc(Cl)ncn2)c(N)nn1. The lowest BCUT2D eigenvalue weighted by Gasteiger charge is -2.42. The number of nitrogens with zero attached hydrogens (tertiary/aromatic N) is 6. The van der Waals surface area contributed by atoms with Gasteiger partial charge in [0.05, 0.1) is 11.4 Å². The maximum Gasteiger partial charge on any atom is 0.188 e. The van der Waals surface area contributed by atoms with E-state index in [1.165, 1.54) is 6.33 Å². The lowest BCUT2D eigenvalue weighted by molar-refractivity contribution is 0.0515. The fourth-order valence-corrected chi connectivity index (χ4v) is 4.78. The number of aromatic nitrogens is 4. The van der Waals surface area contributed by atoms with Crippen molar-refractivity contribution in [1.29, 1.82) is 0 Å². The summed E-state index contributed by atoms with van der Waals surface area (Å²) < 4.78 is 10.8. The monoisotopic (exact) mass is 453 g/mol. The molecule has 2 atom stereocenters. The van der Waals surface area contributed by atoms with E-state index in [0.29, 0.717) is 34.5 Å². The average molecular weight is 454 g/mol. The van der Waals surface area contributed by atoms with Crippen molar-refractivity contribution in [2.24, 2.45) is 0 Å². The molecule has 2 unspecified atom stereocenters. The number of para-hydroxylation sites is 1. The fourth-order valence-electron chi connectivity index (χ4n) is 4.64. The standard InChI is InChI=1S/C22H24ClN7O2/c1-31-13-32-19-5-3-2-4-16(19)17-8-18(22(24)28-27-17)29-10-14-6-7-15(11-29)30(14)21-9-20(23)25-12-26-21/h2-5,8-9,12,14-15H,6-7,10-11,13H2,1H3,(H2,24,28). The van der Waals surface area contributed by atoms with Gasteiger partial charge < -0.3 is 25.0 Å². The smallest absolute Gasteiger partial charge is 0.188 e. The molecular formula is C22H24ClN7O2. The maximum absolute atomic E-state index is 6.28. The molecule has 2 saturated heterocycles. The van der Waals surface area contributed by atoms with Crippen molar-refractivity contribution in [2.45, 2.75) is 24.9 Å². The van der Waals surface area contributed by atoms with Gasteiger partial charge in [-0.05, 0) is 31.0 Å². The molecule has 2 aliphatic rings. The van der Waals surface area contributed by atoms with E-state index >= 15 is 0 Å². The fraction of sp³-hybridized carbons (Fsp3) is 0.364. The molecule has 2 aliphatic heterocycles. The quantitative estimate of drug-likeness (QED) is 0.445. The van der Waals surface area contributed by atoms with Crippen molar-refractivity contribution >= 4 is 28.9 Å². The Hall–Kier alpha value is -3.17. The van der Waals surface area contributed by atoms with E-state index < -0.39 is 0 Å². The number of methoxy groups -OCH3 is 1. The number of nitrogen functional groups attached to an aromatic ring is 1. The zero-order chi connectivity index (χ0) is 22.1. The molecule has 5 rings (SSSR count). The predicted molar refractivity (Wildman–Crippen MR) is 123 cm³/mol. The highest BCUT2D eigenvalue weighted by molar-refractivity contribution is 6.29.